The van der Waals surface area contributed by atoms with Crippen molar-refractivity contribution in [3.8, 4) is 0 Å². The van der Waals surface area contributed by atoms with Gasteiger partial charge in [-0.05, 0) is 54.3 Å². The van der Waals surface area contributed by atoms with Crippen molar-refractivity contribution in [3.63, 3.8) is 0 Å². The van der Waals surface area contributed by atoms with Gasteiger partial charge in [0.05, 0.1) is 11.4 Å². The molecule has 3 aromatic rings. The zero-order valence-electron chi connectivity index (χ0n) is 15.3. The molecule has 2 N–H and O–H groups in total. The maximum atomic E-state index is 13.2. The Kier molecular flexibility index (Phi) is 4.94. The highest BCUT2D eigenvalue weighted by molar-refractivity contribution is 7.86. The van der Waals surface area contributed by atoms with Gasteiger partial charge in [-0.1, -0.05) is 42.5 Å². The third-order valence-electron chi connectivity index (χ3n) is 4.72. The molecule has 8 heteroatoms. The number of hydrogen-bond donors (Lipinski definition) is 2. The number of fused-ring (bicyclic) bond motifs is 2. The summed E-state index contributed by atoms with van der Waals surface area (Å²) >= 11 is 0. The number of aryl methyl sites for hydroxylation is 2. The van der Waals surface area contributed by atoms with Gasteiger partial charge < -0.3 is 5.32 Å². The summed E-state index contributed by atoms with van der Waals surface area (Å²) < 4.78 is 35.4. The van der Waals surface area contributed by atoms with E-state index in [2.05, 4.69) is 10.7 Å². The molecule has 29 heavy (non-hydrogen) atoms. The Morgan fingerprint density at radius 1 is 0.862 bits per heavy atom. The lowest BCUT2D eigenvalue weighted by atomic mass is 10.0. The molecule has 1 heterocycles. The summed E-state index contributed by atoms with van der Waals surface area (Å²) in [4.78, 5) is 12.2. The zero-order valence-corrected chi connectivity index (χ0v) is 16.1. The standard InChI is InChI=1S/C21H18FN3O3S/c22-29(27,28)18-9-5-8-17(14-18)23-21(26)24-25-19-10-3-1-6-15(19)12-13-16-7-2-4-11-20(16)25/h1-11,14H,12-13H2,(H2,23,24,26). The van der Waals surface area contributed by atoms with Gasteiger partial charge in [-0.25, -0.2) is 10.2 Å². The molecule has 2 amide bonds. The fraction of sp³-hybridized carbons (Fsp3) is 0.0952. The molecule has 0 saturated carbocycles. The molecule has 3 aromatic carbocycles. The highest BCUT2D eigenvalue weighted by atomic mass is 32.3. The molecule has 0 radical (unpaired) electrons. The van der Waals surface area contributed by atoms with Gasteiger partial charge in [0.2, 0.25) is 0 Å². The van der Waals surface area contributed by atoms with Crippen molar-refractivity contribution in [2.45, 2.75) is 17.7 Å². The Balaban J connectivity index is 1.63. The average molecular weight is 411 g/mol. The first-order valence-electron chi connectivity index (χ1n) is 9.00. The molecule has 1 aliphatic rings. The average Bonchev–Trinajstić information content (AvgIpc) is 2.85. The molecule has 0 atom stereocenters. The Labute approximate surface area is 168 Å². The number of benzene rings is 3. The number of amides is 2. The van der Waals surface area contributed by atoms with Crippen LogP contribution in [0.1, 0.15) is 11.1 Å². The van der Waals surface area contributed by atoms with Crippen LogP contribution in [0.5, 0.6) is 0 Å². The van der Waals surface area contributed by atoms with Crippen molar-refractivity contribution < 1.29 is 17.1 Å². The molecule has 1 aliphatic heterocycles. The minimum absolute atomic E-state index is 0.164. The van der Waals surface area contributed by atoms with Gasteiger partial charge in [-0.2, -0.15) is 8.42 Å². The van der Waals surface area contributed by atoms with Crippen molar-refractivity contribution in [2.24, 2.45) is 0 Å². The third kappa shape index (κ3) is 4.07. The lowest BCUT2D eigenvalue weighted by molar-refractivity contribution is 0.252. The van der Waals surface area contributed by atoms with Gasteiger partial charge in [0.1, 0.15) is 4.90 Å². The van der Waals surface area contributed by atoms with E-state index in [1.165, 1.54) is 12.1 Å². The first-order valence-corrected chi connectivity index (χ1v) is 10.4. The normalized spacial score (nSPS) is 13.1. The zero-order chi connectivity index (χ0) is 20.4. The second kappa shape index (κ2) is 7.56. The van der Waals surface area contributed by atoms with E-state index in [0.717, 1.165) is 47.5 Å². The predicted molar refractivity (Wildman–Crippen MR) is 109 cm³/mol. The summed E-state index contributed by atoms with van der Waals surface area (Å²) in [7, 11) is -4.86. The molecule has 6 nitrogen and oxygen atoms in total. The van der Waals surface area contributed by atoms with Crippen LogP contribution in [0.3, 0.4) is 0 Å². The lowest BCUT2D eigenvalue weighted by Crippen LogP contribution is -2.42. The van der Waals surface area contributed by atoms with Gasteiger partial charge in [0.25, 0.3) is 0 Å². The van der Waals surface area contributed by atoms with Crippen LogP contribution in [-0.2, 0) is 23.1 Å². The number of nitrogens with zero attached hydrogens (tertiary/aromatic N) is 1. The molecule has 0 spiro atoms. The second-order valence-electron chi connectivity index (χ2n) is 6.62. The van der Waals surface area contributed by atoms with Crippen molar-refractivity contribution >= 4 is 33.3 Å². The fourth-order valence-electron chi connectivity index (χ4n) is 3.39. The predicted octanol–water partition coefficient (Wildman–Crippen LogP) is 4.32. The minimum Gasteiger partial charge on any atom is -0.307 e. The van der Waals surface area contributed by atoms with Gasteiger partial charge in [0.15, 0.2) is 0 Å². The van der Waals surface area contributed by atoms with Crippen molar-refractivity contribution in [1.82, 2.24) is 5.43 Å². The summed E-state index contributed by atoms with van der Waals surface area (Å²) in [5, 5.41) is 4.27. The number of rotatable bonds is 3. The molecule has 0 aliphatic carbocycles. The highest BCUT2D eigenvalue weighted by Gasteiger charge is 2.22. The van der Waals surface area contributed by atoms with Gasteiger partial charge in [-0.3, -0.25) is 5.01 Å². The minimum atomic E-state index is -4.86. The molecule has 0 unspecified atom stereocenters. The van der Waals surface area contributed by atoms with E-state index in [4.69, 9.17) is 0 Å². The highest BCUT2D eigenvalue weighted by Crippen LogP contribution is 2.34. The molecule has 148 valence electrons. The molecular formula is C21H18FN3O3S. The summed E-state index contributed by atoms with van der Waals surface area (Å²) in [5.41, 5.74) is 6.88. The smallest absolute Gasteiger partial charge is 0.307 e. The Hall–Kier alpha value is -3.39. The van der Waals surface area contributed by atoms with E-state index in [0.29, 0.717) is 0 Å². The van der Waals surface area contributed by atoms with E-state index >= 15 is 0 Å². The number of para-hydroxylation sites is 2. The number of urea groups is 1. The summed E-state index contributed by atoms with van der Waals surface area (Å²) in [6, 6.07) is 20.0. The number of halogens is 1. The Morgan fingerprint density at radius 2 is 1.45 bits per heavy atom. The van der Waals surface area contributed by atoms with Crippen LogP contribution in [0.4, 0.5) is 25.7 Å². The third-order valence-corrected chi connectivity index (χ3v) is 5.53. The van der Waals surface area contributed by atoms with Crippen LogP contribution >= 0.6 is 0 Å². The first kappa shape index (κ1) is 18.9. The number of carbonyl (C=O) groups is 1. The van der Waals surface area contributed by atoms with E-state index in [1.54, 1.807) is 5.01 Å². The van der Waals surface area contributed by atoms with E-state index in [9.17, 15) is 17.1 Å². The molecule has 0 aromatic heterocycles. The topological polar surface area (TPSA) is 78.5 Å². The molecule has 0 bridgehead atoms. The van der Waals surface area contributed by atoms with Crippen molar-refractivity contribution in [3.05, 3.63) is 83.9 Å². The number of hydrogen-bond acceptors (Lipinski definition) is 4. The largest absolute Gasteiger partial charge is 0.338 e. The van der Waals surface area contributed by atoms with E-state index in [-0.39, 0.29) is 5.69 Å². The van der Waals surface area contributed by atoms with Gasteiger partial charge >= 0.3 is 16.3 Å². The number of hydrazine groups is 1. The fourth-order valence-corrected chi connectivity index (χ4v) is 3.90. The quantitative estimate of drug-likeness (QED) is 0.629. The summed E-state index contributed by atoms with van der Waals surface area (Å²) in [6.07, 6.45) is 1.67. The van der Waals surface area contributed by atoms with Crippen LogP contribution < -0.4 is 15.8 Å². The first-order chi connectivity index (χ1) is 13.9. The Morgan fingerprint density at radius 3 is 2.03 bits per heavy atom. The second-order valence-corrected chi connectivity index (χ2v) is 7.97. The van der Waals surface area contributed by atoms with Gasteiger partial charge in [-0.15, -0.1) is 3.89 Å². The van der Waals surface area contributed by atoms with Crippen LogP contribution in [0, 0.1) is 0 Å². The Bertz CT molecular complexity index is 1130. The number of carbonyl (C=O) groups excluding carboxylic acids is 1. The number of anilines is 3. The number of nitrogens with one attached hydrogen (secondary N) is 2. The molecule has 4 rings (SSSR count). The van der Waals surface area contributed by atoms with Crippen molar-refractivity contribution in [1.29, 1.82) is 0 Å². The van der Waals surface area contributed by atoms with E-state index in [1.807, 2.05) is 48.5 Å². The van der Waals surface area contributed by atoms with Crippen LogP contribution in [0.2, 0.25) is 0 Å². The van der Waals surface area contributed by atoms with Crippen LogP contribution in [0.25, 0.3) is 0 Å². The maximum absolute atomic E-state index is 13.2. The SMILES string of the molecule is O=C(Nc1cccc(S(=O)(=O)F)c1)NN1c2ccccc2CCc2ccccc21. The van der Waals surface area contributed by atoms with Crippen LogP contribution in [0.15, 0.2) is 77.7 Å². The lowest BCUT2D eigenvalue weighted by Gasteiger charge is -2.27. The summed E-state index contributed by atoms with van der Waals surface area (Å²) in [5.74, 6) is 0. The summed E-state index contributed by atoms with van der Waals surface area (Å²) in [6.45, 7) is 0. The van der Waals surface area contributed by atoms with Crippen molar-refractivity contribution in [2.75, 3.05) is 10.3 Å². The molecule has 0 saturated heterocycles. The van der Waals surface area contributed by atoms with Gasteiger partial charge in [0, 0.05) is 5.69 Å². The maximum Gasteiger partial charge on any atom is 0.338 e. The molecule has 0 fully saturated rings. The molecular weight excluding hydrogens is 393 g/mol. The van der Waals surface area contributed by atoms with E-state index < -0.39 is 21.1 Å². The van der Waals surface area contributed by atoms with Crippen LogP contribution in [-0.4, -0.2) is 14.4 Å². The monoisotopic (exact) mass is 411 g/mol.